The molecule has 0 saturated heterocycles. The van der Waals surface area contributed by atoms with Crippen LogP contribution < -0.4 is 0 Å². The predicted molar refractivity (Wildman–Crippen MR) is 133 cm³/mol. The van der Waals surface area contributed by atoms with Crippen molar-refractivity contribution in [1.82, 2.24) is 4.98 Å². The standard InChI is InChI=1S/C26H16ClN3O3S/c27-23-9-5-4-8-20(23)21-14-24(17-6-2-1-3-7-17)29-26(22(21)15-28)34-16-25(31)18-10-12-19(13-11-18)30(32)33/h1-14H,16H2. The molecule has 0 saturated carbocycles. The average Bonchev–Trinajstić information content (AvgIpc) is 2.87. The third kappa shape index (κ3) is 4.99. The van der Waals surface area contributed by atoms with E-state index >= 15 is 0 Å². The lowest BCUT2D eigenvalue weighted by Gasteiger charge is -2.13. The Morgan fingerprint density at radius 1 is 1.00 bits per heavy atom. The van der Waals surface area contributed by atoms with Crippen LogP contribution >= 0.6 is 23.4 Å². The van der Waals surface area contributed by atoms with Gasteiger partial charge in [0, 0.05) is 39.4 Å². The molecule has 0 spiro atoms. The van der Waals surface area contributed by atoms with E-state index in [-0.39, 0.29) is 17.2 Å². The highest BCUT2D eigenvalue weighted by Gasteiger charge is 2.19. The zero-order valence-corrected chi connectivity index (χ0v) is 19.2. The summed E-state index contributed by atoms with van der Waals surface area (Å²) >= 11 is 7.59. The molecule has 0 amide bonds. The second-order valence-corrected chi connectivity index (χ2v) is 8.58. The van der Waals surface area contributed by atoms with Gasteiger partial charge in [-0.15, -0.1) is 0 Å². The first-order valence-corrected chi connectivity index (χ1v) is 11.5. The second-order valence-electron chi connectivity index (χ2n) is 7.21. The molecule has 0 aliphatic rings. The molecule has 4 rings (SSSR count). The SMILES string of the molecule is N#Cc1c(-c2ccccc2Cl)cc(-c2ccccc2)nc1SCC(=O)c1ccc([N+](=O)[O-])cc1. The van der Waals surface area contributed by atoms with Gasteiger partial charge in [-0.3, -0.25) is 14.9 Å². The molecule has 0 aliphatic heterocycles. The van der Waals surface area contributed by atoms with E-state index in [4.69, 9.17) is 11.6 Å². The fourth-order valence-electron chi connectivity index (χ4n) is 3.37. The maximum Gasteiger partial charge on any atom is 0.269 e. The highest BCUT2D eigenvalue weighted by atomic mass is 35.5. The molecule has 0 atom stereocenters. The van der Waals surface area contributed by atoms with Crippen molar-refractivity contribution in [2.75, 3.05) is 5.75 Å². The number of nitriles is 1. The Kier molecular flexibility index (Phi) is 7.02. The quantitative estimate of drug-likeness (QED) is 0.123. The minimum Gasteiger partial charge on any atom is -0.293 e. The number of nitrogens with zero attached hydrogens (tertiary/aromatic N) is 3. The van der Waals surface area contributed by atoms with Crippen LogP contribution in [0, 0.1) is 21.4 Å². The van der Waals surface area contributed by atoms with Crippen LogP contribution in [0.25, 0.3) is 22.4 Å². The summed E-state index contributed by atoms with van der Waals surface area (Å²) < 4.78 is 0. The number of carbonyl (C=O) groups excluding carboxylic acids is 1. The van der Waals surface area contributed by atoms with E-state index in [0.29, 0.717) is 38.0 Å². The molecule has 4 aromatic rings. The van der Waals surface area contributed by atoms with Crippen molar-refractivity contribution < 1.29 is 9.72 Å². The van der Waals surface area contributed by atoms with Gasteiger partial charge in [0.05, 0.1) is 21.9 Å². The Morgan fingerprint density at radius 3 is 2.32 bits per heavy atom. The third-order valence-corrected chi connectivity index (χ3v) is 6.38. The van der Waals surface area contributed by atoms with Crippen LogP contribution in [-0.4, -0.2) is 21.4 Å². The van der Waals surface area contributed by atoms with Gasteiger partial charge < -0.3 is 0 Å². The number of aromatic nitrogens is 1. The van der Waals surface area contributed by atoms with Gasteiger partial charge in [-0.05, 0) is 24.3 Å². The highest BCUT2D eigenvalue weighted by Crippen LogP contribution is 2.37. The number of non-ortho nitro benzene ring substituents is 1. The summed E-state index contributed by atoms with van der Waals surface area (Å²) in [5.74, 6) is -0.213. The first-order valence-electron chi connectivity index (χ1n) is 10.1. The molecule has 34 heavy (non-hydrogen) atoms. The number of hydrogen-bond donors (Lipinski definition) is 0. The molecule has 3 aromatic carbocycles. The lowest BCUT2D eigenvalue weighted by molar-refractivity contribution is -0.384. The average molecular weight is 486 g/mol. The van der Waals surface area contributed by atoms with E-state index in [9.17, 15) is 20.2 Å². The van der Waals surface area contributed by atoms with E-state index < -0.39 is 4.92 Å². The van der Waals surface area contributed by atoms with Crippen LogP contribution in [0.3, 0.4) is 0 Å². The van der Waals surface area contributed by atoms with E-state index in [1.807, 2.05) is 54.6 Å². The summed E-state index contributed by atoms with van der Waals surface area (Å²) in [6.45, 7) is 0. The minimum atomic E-state index is -0.516. The molecule has 6 nitrogen and oxygen atoms in total. The van der Waals surface area contributed by atoms with Gasteiger partial charge in [0.1, 0.15) is 11.1 Å². The van der Waals surface area contributed by atoms with Crippen LogP contribution in [0.5, 0.6) is 0 Å². The van der Waals surface area contributed by atoms with Crippen LogP contribution in [0.2, 0.25) is 5.02 Å². The number of pyridine rings is 1. The van der Waals surface area contributed by atoms with Crippen molar-refractivity contribution >= 4 is 34.8 Å². The highest BCUT2D eigenvalue weighted by molar-refractivity contribution is 8.00. The number of ketones is 1. The molecular weight excluding hydrogens is 470 g/mol. The van der Waals surface area contributed by atoms with E-state index in [2.05, 4.69) is 11.1 Å². The van der Waals surface area contributed by atoms with Crippen molar-refractivity contribution in [2.24, 2.45) is 0 Å². The topological polar surface area (TPSA) is 96.9 Å². The van der Waals surface area contributed by atoms with Crippen molar-refractivity contribution in [1.29, 1.82) is 5.26 Å². The summed E-state index contributed by atoms with van der Waals surface area (Å²) in [4.78, 5) is 27.8. The van der Waals surface area contributed by atoms with E-state index in [0.717, 1.165) is 17.3 Å². The Hall–Kier alpha value is -3.99. The number of carbonyl (C=O) groups is 1. The fourth-order valence-corrected chi connectivity index (χ4v) is 4.50. The van der Waals surface area contributed by atoms with Gasteiger partial charge >= 0.3 is 0 Å². The van der Waals surface area contributed by atoms with Gasteiger partial charge in [0.2, 0.25) is 0 Å². The maximum atomic E-state index is 12.7. The monoisotopic (exact) mass is 485 g/mol. The number of nitro groups is 1. The summed E-state index contributed by atoms with van der Waals surface area (Å²) in [6.07, 6.45) is 0. The zero-order valence-electron chi connectivity index (χ0n) is 17.6. The van der Waals surface area contributed by atoms with Gasteiger partial charge in [0.25, 0.3) is 5.69 Å². The smallest absolute Gasteiger partial charge is 0.269 e. The summed E-state index contributed by atoms with van der Waals surface area (Å²) in [6, 6.07) is 26.3. The largest absolute Gasteiger partial charge is 0.293 e. The molecule has 0 aliphatic carbocycles. The molecule has 1 aromatic heterocycles. The number of halogens is 1. The summed E-state index contributed by atoms with van der Waals surface area (Å²) in [7, 11) is 0. The van der Waals surface area contributed by atoms with Crippen molar-refractivity contribution in [3.05, 3.63) is 111 Å². The fraction of sp³-hybridized carbons (Fsp3) is 0.0385. The van der Waals surface area contributed by atoms with Crippen LogP contribution in [0.1, 0.15) is 15.9 Å². The van der Waals surface area contributed by atoms with Gasteiger partial charge in [-0.2, -0.15) is 5.26 Å². The molecular formula is C26H16ClN3O3S. The summed E-state index contributed by atoms with van der Waals surface area (Å²) in [5, 5.41) is 21.7. The molecule has 1 heterocycles. The van der Waals surface area contributed by atoms with E-state index in [1.54, 1.807) is 6.07 Å². The maximum absolute atomic E-state index is 12.7. The molecule has 166 valence electrons. The third-order valence-electron chi connectivity index (χ3n) is 5.07. The van der Waals surface area contributed by atoms with E-state index in [1.165, 1.54) is 24.3 Å². The number of rotatable bonds is 7. The lowest BCUT2D eigenvalue weighted by atomic mass is 9.99. The van der Waals surface area contributed by atoms with Crippen molar-refractivity contribution in [3.8, 4) is 28.5 Å². The first kappa shape index (κ1) is 23.2. The van der Waals surface area contributed by atoms with Crippen molar-refractivity contribution in [3.63, 3.8) is 0 Å². The van der Waals surface area contributed by atoms with Crippen LogP contribution in [0.15, 0.2) is 90.0 Å². The molecule has 0 fully saturated rings. The summed E-state index contributed by atoms with van der Waals surface area (Å²) in [5.41, 5.74) is 3.44. The first-order chi connectivity index (χ1) is 16.5. The second kappa shape index (κ2) is 10.3. The number of hydrogen-bond acceptors (Lipinski definition) is 6. The minimum absolute atomic E-state index is 0.0136. The molecule has 0 N–H and O–H groups in total. The van der Waals surface area contributed by atoms with Gasteiger partial charge in [-0.1, -0.05) is 71.9 Å². The Bertz CT molecular complexity index is 1420. The number of benzene rings is 3. The number of nitro benzene ring substituents is 1. The van der Waals surface area contributed by atoms with Gasteiger partial charge in [0.15, 0.2) is 5.78 Å². The van der Waals surface area contributed by atoms with Crippen molar-refractivity contribution in [2.45, 2.75) is 5.03 Å². The lowest BCUT2D eigenvalue weighted by Crippen LogP contribution is -2.04. The van der Waals surface area contributed by atoms with Crippen LogP contribution in [0.4, 0.5) is 5.69 Å². The Labute approximate surface area is 205 Å². The molecule has 0 radical (unpaired) electrons. The molecule has 0 unspecified atom stereocenters. The van der Waals surface area contributed by atoms with Gasteiger partial charge in [-0.25, -0.2) is 4.98 Å². The Balaban J connectivity index is 1.73. The number of Topliss-reactive ketones (excluding diaryl/α,β-unsaturated/α-hetero) is 1. The Morgan fingerprint density at radius 2 is 1.68 bits per heavy atom. The molecule has 8 heteroatoms. The zero-order chi connectivity index (χ0) is 24.1. The van der Waals surface area contributed by atoms with Crippen LogP contribution in [-0.2, 0) is 0 Å². The normalized spacial score (nSPS) is 10.5. The molecule has 0 bridgehead atoms. The number of thioether (sulfide) groups is 1. The predicted octanol–water partition coefficient (Wildman–Crippen LogP) is 6.82.